The minimum Gasteiger partial charge on any atom is -0.504 e. The minimum atomic E-state index is 0.0600. The predicted molar refractivity (Wildman–Crippen MR) is 50.7 cm³/mol. The van der Waals surface area contributed by atoms with Crippen molar-refractivity contribution >= 4 is 11.6 Å². The van der Waals surface area contributed by atoms with Crippen LogP contribution in [-0.4, -0.2) is 12.2 Å². The number of benzene rings is 1. The summed E-state index contributed by atoms with van der Waals surface area (Å²) < 4.78 is 4.91. The number of hydrogen-bond donors (Lipinski definition) is 3. The number of ether oxygens (including phenoxy) is 1. The molecule has 4 nitrogen and oxygen atoms in total. The topological polar surface area (TPSA) is 67.5 Å². The zero-order valence-corrected chi connectivity index (χ0v) is 7.93. The Morgan fingerprint density at radius 3 is 2.85 bits per heavy atom. The third-order valence-electron chi connectivity index (χ3n) is 1.63. The standard InChI is InChI=1S/C8H11ClN2O2/c1-13-7-3-6(9)2-5(4-11-10)8(7)12/h2-3,11-12H,4,10H2,1H3. The average Bonchev–Trinajstić information content (AvgIpc) is 2.11. The van der Waals surface area contributed by atoms with Crippen LogP contribution in [0.25, 0.3) is 0 Å². The highest BCUT2D eigenvalue weighted by Crippen LogP contribution is 2.33. The maximum Gasteiger partial charge on any atom is 0.162 e. The van der Waals surface area contributed by atoms with Gasteiger partial charge >= 0.3 is 0 Å². The summed E-state index contributed by atoms with van der Waals surface area (Å²) in [6.07, 6.45) is 0. The maximum atomic E-state index is 9.57. The first-order valence-electron chi connectivity index (χ1n) is 3.68. The molecule has 0 aliphatic carbocycles. The van der Waals surface area contributed by atoms with Crippen molar-refractivity contribution in [2.24, 2.45) is 5.84 Å². The van der Waals surface area contributed by atoms with Crippen LogP contribution in [0.4, 0.5) is 0 Å². The van der Waals surface area contributed by atoms with E-state index in [0.717, 1.165) is 0 Å². The smallest absolute Gasteiger partial charge is 0.162 e. The molecule has 0 heterocycles. The van der Waals surface area contributed by atoms with Gasteiger partial charge in [-0.25, -0.2) is 0 Å². The van der Waals surface area contributed by atoms with E-state index in [-0.39, 0.29) is 5.75 Å². The van der Waals surface area contributed by atoms with Gasteiger partial charge in [-0.05, 0) is 6.07 Å². The zero-order chi connectivity index (χ0) is 9.84. The van der Waals surface area contributed by atoms with Gasteiger partial charge in [0.15, 0.2) is 11.5 Å². The summed E-state index contributed by atoms with van der Waals surface area (Å²) in [6.45, 7) is 0.336. The van der Waals surface area contributed by atoms with E-state index in [1.54, 1.807) is 6.07 Å². The lowest BCUT2D eigenvalue weighted by Crippen LogP contribution is -2.20. The Morgan fingerprint density at radius 1 is 1.62 bits per heavy atom. The SMILES string of the molecule is COc1cc(Cl)cc(CNN)c1O. The van der Waals surface area contributed by atoms with Crippen molar-refractivity contribution in [2.45, 2.75) is 6.54 Å². The van der Waals surface area contributed by atoms with E-state index in [2.05, 4.69) is 5.43 Å². The number of aromatic hydroxyl groups is 1. The van der Waals surface area contributed by atoms with E-state index in [1.807, 2.05) is 0 Å². The van der Waals surface area contributed by atoms with Crippen LogP contribution in [0.3, 0.4) is 0 Å². The Balaban J connectivity index is 3.11. The Kier molecular flexibility index (Phi) is 3.36. The van der Waals surface area contributed by atoms with Crippen molar-refractivity contribution < 1.29 is 9.84 Å². The molecule has 13 heavy (non-hydrogen) atoms. The number of nitrogens with two attached hydrogens (primary N) is 1. The Bertz CT molecular complexity index is 304. The molecule has 1 aromatic rings. The fourth-order valence-corrected chi connectivity index (χ4v) is 1.26. The maximum absolute atomic E-state index is 9.57. The van der Waals surface area contributed by atoms with Gasteiger partial charge in [-0.1, -0.05) is 11.6 Å². The molecule has 0 saturated carbocycles. The Labute approximate surface area is 81.2 Å². The summed E-state index contributed by atoms with van der Waals surface area (Å²) in [7, 11) is 1.46. The zero-order valence-electron chi connectivity index (χ0n) is 7.17. The van der Waals surface area contributed by atoms with Gasteiger partial charge in [-0.2, -0.15) is 0 Å². The first-order valence-corrected chi connectivity index (χ1v) is 4.05. The summed E-state index contributed by atoms with van der Waals surface area (Å²) in [5.41, 5.74) is 3.03. The highest BCUT2D eigenvalue weighted by atomic mass is 35.5. The summed E-state index contributed by atoms with van der Waals surface area (Å²) in [6, 6.07) is 3.16. The largest absolute Gasteiger partial charge is 0.504 e. The third kappa shape index (κ3) is 2.24. The lowest BCUT2D eigenvalue weighted by Gasteiger charge is -2.08. The summed E-state index contributed by atoms with van der Waals surface area (Å²) in [5.74, 6) is 5.53. The van der Waals surface area contributed by atoms with Crippen molar-refractivity contribution in [3.63, 3.8) is 0 Å². The fraction of sp³-hybridized carbons (Fsp3) is 0.250. The van der Waals surface area contributed by atoms with E-state index >= 15 is 0 Å². The number of phenolic OH excluding ortho intramolecular Hbond substituents is 1. The molecular weight excluding hydrogens is 192 g/mol. The van der Waals surface area contributed by atoms with Crippen LogP contribution in [0.5, 0.6) is 11.5 Å². The predicted octanol–water partition coefficient (Wildman–Crippen LogP) is 1.02. The number of hydrazine groups is 1. The van der Waals surface area contributed by atoms with Gasteiger partial charge in [-0.15, -0.1) is 0 Å². The molecule has 0 aliphatic rings. The van der Waals surface area contributed by atoms with Gasteiger partial charge in [-0.3, -0.25) is 11.3 Å². The van der Waals surface area contributed by atoms with Gasteiger partial charge in [0.2, 0.25) is 0 Å². The summed E-state index contributed by atoms with van der Waals surface area (Å²) in [5, 5.41) is 10.1. The molecule has 0 aromatic heterocycles. The second-order valence-corrected chi connectivity index (χ2v) is 2.93. The van der Waals surface area contributed by atoms with E-state index in [1.165, 1.54) is 13.2 Å². The molecule has 72 valence electrons. The monoisotopic (exact) mass is 202 g/mol. The molecular formula is C8H11ClN2O2. The van der Waals surface area contributed by atoms with Gasteiger partial charge in [0.1, 0.15) is 0 Å². The first kappa shape index (κ1) is 10.1. The number of phenols is 1. The molecule has 1 aromatic carbocycles. The van der Waals surface area contributed by atoms with Crippen LogP contribution in [-0.2, 0) is 6.54 Å². The molecule has 0 amide bonds. The van der Waals surface area contributed by atoms with E-state index in [4.69, 9.17) is 22.2 Å². The molecule has 0 aliphatic heterocycles. The van der Waals surface area contributed by atoms with Crippen LogP contribution >= 0.6 is 11.6 Å². The van der Waals surface area contributed by atoms with E-state index in [0.29, 0.717) is 22.9 Å². The van der Waals surface area contributed by atoms with E-state index in [9.17, 15) is 5.11 Å². The first-order chi connectivity index (χ1) is 6.19. The number of rotatable bonds is 3. The number of nitrogens with one attached hydrogen (secondary N) is 1. The van der Waals surface area contributed by atoms with E-state index < -0.39 is 0 Å². The average molecular weight is 203 g/mol. The normalized spacial score (nSPS) is 10.1. The molecule has 1 rings (SSSR count). The Morgan fingerprint density at radius 2 is 2.31 bits per heavy atom. The van der Waals surface area contributed by atoms with Crippen molar-refractivity contribution in [1.29, 1.82) is 0 Å². The summed E-state index contributed by atoms with van der Waals surface area (Å²) in [4.78, 5) is 0. The summed E-state index contributed by atoms with van der Waals surface area (Å²) >= 11 is 5.78. The molecule has 0 fully saturated rings. The molecule has 0 atom stereocenters. The van der Waals surface area contributed by atoms with Crippen LogP contribution in [0.1, 0.15) is 5.56 Å². The molecule has 0 spiro atoms. The van der Waals surface area contributed by atoms with Crippen LogP contribution in [0.15, 0.2) is 12.1 Å². The molecule has 0 radical (unpaired) electrons. The lowest BCUT2D eigenvalue weighted by molar-refractivity contribution is 0.370. The molecule has 5 heteroatoms. The molecule has 4 N–H and O–H groups in total. The highest BCUT2D eigenvalue weighted by molar-refractivity contribution is 6.30. The van der Waals surface area contributed by atoms with Gasteiger partial charge in [0, 0.05) is 23.2 Å². The van der Waals surface area contributed by atoms with Gasteiger partial charge in [0.25, 0.3) is 0 Å². The minimum absolute atomic E-state index is 0.0600. The number of hydrogen-bond acceptors (Lipinski definition) is 4. The highest BCUT2D eigenvalue weighted by Gasteiger charge is 2.08. The van der Waals surface area contributed by atoms with Gasteiger partial charge < -0.3 is 9.84 Å². The van der Waals surface area contributed by atoms with Crippen molar-refractivity contribution in [3.8, 4) is 11.5 Å². The lowest BCUT2D eigenvalue weighted by atomic mass is 10.2. The van der Waals surface area contributed by atoms with Crippen molar-refractivity contribution in [2.75, 3.05) is 7.11 Å². The van der Waals surface area contributed by atoms with Gasteiger partial charge in [0.05, 0.1) is 7.11 Å². The fourth-order valence-electron chi connectivity index (χ4n) is 1.03. The van der Waals surface area contributed by atoms with Crippen LogP contribution in [0, 0.1) is 0 Å². The molecule has 0 saturated heterocycles. The quantitative estimate of drug-likeness (QED) is 0.506. The number of halogens is 1. The third-order valence-corrected chi connectivity index (χ3v) is 1.85. The molecule has 0 unspecified atom stereocenters. The Hall–Kier alpha value is -0.970. The van der Waals surface area contributed by atoms with Crippen LogP contribution < -0.4 is 16.0 Å². The number of methoxy groups -OCH3 is 1. The van der Waals surface area contributed by atoms with Crippen LogP contribution in [0.2, 0.25) is 5.02 Å². The second-order valence-electron chi connectivity index (χ2n) is 2.50. The second kappa shape index (κ2) is 4.32. The molecule has 0 bridgehead atoms. The van der Waals surface area contributed by atoms with Crippen molar-refractivity contribution in [1.82, 2.24) is 5.43 Å². The van der Waals surface area contributed by atoms with Crippen molar-refractivity contribution in [3.05, 3.63) is 22.7 Å².